The molecule has 84 valence electrons. The number of amides is 1. The molecule has 0 radical (unpaired) electrons. The predicted octanol–water partition coefficient (Wildman–Crippen LogP) is -0.281. The van der Waals surface area contributed by atoms with Crippen molar-refractivity contribution in [1.29, 1.82) is 0 Å². The molecular weight excluding hydrogens is 214 g/mol. The lowest BCUT2D eigenvalue weighted by atomic mass is 9.76. The lowest BCUT2D eigenvalue weighted by Gasteiger charge is -2.26. The molecule has 0 fully saturated rings. The van der Waals surface area contributed by atoms with Crippen LogP contribution in [-0.2, 0) is 4.79 Å². The lowest BCUT2D eigenvalue weighted by molar-refractivity contribution is -0.185. The summed E-state index contributed by atoms with van der Waals surface area (Å²) in [6.45, 7) is -0.396. The van der Waals surface area contributed by atoms with Gasteiger partial charge in [0.05, 0.1) is 0 Å². The SMILES string of the molecule is O=C(N1CC=C(B(O)O)CC1)C(F)(F)F. The minimum atomic E-state index is -4.87. The van der Waals surface area contributed by atoms with E-state index in [4.69, 9.17) is 10.0 Å². The van der Waals surface area contributed by atoms with Crippen LogP contribution in [0.15, 0.2) is 11.5 Å². The fourth-order valence-electron chi connectivity index (χ4n) is 1.28. The molecule has 0 aliphatic carbocycles. The number of hydrogen-bond donors (Lipinski definition) is 2. The summed E-state index contributed by atoms with van der Waals surface area (Å²) in [6, 6.07) is 0. The Labute approximate surface area is 84.1 Å². The van der Waals surface area contributed by atoms with Gasteiger partial charge in [0.1, 0.15) is 0 Å². The maximum Gasteiger partial charge on any atom is 0.483 e. The molecule has 1 aliphatic heterocycles. The maximum absolute atomic E-state index is 12.0. The Morgan fingerprint density at radius 2 is 2.07 bits per heavy atom. The predicted molar refractivity (Wildman–Crippen MR) is 45.5 cm³/mol. The molecule has 0 saturated heterocycles. The monoisotopic (exact) mass is 223 g/mol. The van der Waals surface area contributed by atoms with Crippen LogP contribution < -0.4 is 0 Å². The Hall–Kier alpha value is -1.02. The van der Waals surface area contributed by atoms with E-state index in [1.54, 1.807) is 0 Å². The van der Waals surface area contributed by atoms with E-state index < -0.39 is 19.2 Å². The van der Waals surface area contributed by atoms with E-state index in [-0.39, 0.29) is 25.0 Å². The minimum absolute atomic E-state index is 0.0412. The van der Waals surface area contributed by atoms with Gasteiger partial charge in [-0.25, -0.2) is 0 Å². The zero-order valence-electron chi connectivity index (χ0n) is 7.66. The van der Waals surface area contributed by atoms with E-state index in [2.05, 4.69) is 0 Å². The van der Waals surface area contributed by atoms with Gasteiger partial charge in [0.25, 0.3) is 0 Å². The first-order valence-corrected chi connectivity index (χ1v) is 4.23. The van der Waals surface area contributed by atoms with E-state index >= 15 is 0 Å². The van der Waals surface area contributed by atoms with Crippen molar-refractivity contribution in [2.45, 2.75) is 12.6 Å². The van der Waals surface area contributed by atoms with Crippen LogP contribution >= 0.6 is 0 Å². The summed E-state index contributed by atoms with van der Waals surface area (Å²) in [7, 11) is -1.66. The molecule has 0 aromatic rings. The molecule has 15 heavy (non-hydrogen) atoms. The van der Waals surface area contributed by atoms with Gasteiger partial charge in [0.2, 0.25) is 0 Å². The largest absolute Gasteiger partial charge is 0.483 e. The second kappa shape index (κ2) is 4.24. The molecule has 1 heterocycles. The van der Waals surface area contributed by atoms with Crippen LogP contribution in [0.1, 0.15) is 6.42 Å². The first kappa shape index (κ1) is 12.1. The van der Waals surface area contributed by atoms with Crippen molar-refractivity contribution in [3.8, 4) is 0 Å². The number of carbonyl (C=O) groups excluding carboxylic acids is 1. The first-order valence-electron chi connectivity index (χ1n) is 4.23. The van der Waals surface area contributed by atoms with Crippen LogP contribution in [0.25, 0.3) is 0 Å². The van der Waals surface area contributed by atoms with Gasteiger partial charge in [-0.1, -0.05) is 6.08 Å². The van der Waals surface area contributed by atoms with Crippen LogP contribution in [0, 0.1) is 0 Å². The molecule has 0 spiro atoms. The summed E-state index contributed by atoms with van der Waals surface area (Å²) >= 11 is 0. The van der Waals surface area contributed by atoms with Crippen molar-refractivity contribution in [1.82, 2.24) is 4.90 Å². The molecule has 0 atom stereocenters. The lowest BCUT2D eigenvalue weighted by Crippen LogP contribution is -2.44. The average Bonchev–Trinajstić information content (AvgIpc) is 2.15. The third-order valence-corrected chi connectivity index (χ3v) is 2.11. The van der Waals surface area contributed by atoms with Crippen molar-refractivity contribution in [2.24, 2.45) is 0 Å². The molecule has 8 heteroatoms. The summed E-state index contributed by atoms with van der Waals surface area (Å²) in [6.07, 6.45) is -3.61. The number of alkyl halides is 3. The van der Waals surface area contributed by atoms with Crippen LogP contribution in [0.4, 0.5) is 13.2 Å². The summed E-state index contributed by atoms with van der Waals surface area (Å²) < 4.78 is 35.9. The molecule has 0 aromatic carbocycles. The highest BCUT2D eigenvalue weighted by Crippen LogP contribution is 2.21. The maximum atomic E-state index is 12.0. The van der Waals surface area contributed by atoms with Crippen LogP contribution in [-0.4, -0.2) is 47.2 Å². The highest BCUT2D eigenvalue weighted by atomic mass is 19.4. The van der Waals surface area contributed by atoms with Gasteiger partial charge < -0.3 is 14.9 Å². The molecule has 4 nitrogen and oxygen atoms in total. The molecule has 1 rings (SSSR count). The number of hydrogen-bond acceptors (Lipinski definition) is 3. The highest BCUT2D eigenvalue weighted by Gasteiger charge is 2.42. The standard InChI is InChI=1S/C7H9BF3NO3/c9-7(10,11)6(13)12-3-1-5(2-4-12)8(14)15/h1,14-15H,2-4H2. The van der Waals surface area contributed by atoms with Crippen molar-refractivity contribution >= 4 is 13.0 Å². The summed E-state index contributed by atoms with van der Waals surface area (Å²) in [5.41, 5.74) is 0.237. The molecule has 1 aliphatic rings. The summed E-state index contributed by atoms with van der Waals surface area (Å²) in [4.78, 5) is 11.4. The smallest absolute Gasteiger partial charge is 0.423 e. The van der Waals surface area contributed by atoms with Crippen molar-refractivity contribution in [3.63, 3.8) is 0 Å². The molecule has 2 N–H and O–H groups in total. The Morgan fingerprint density at radius 3 is 2.40 bits per heavy atom. The highest BCUT2D eigenvalue weighted by molar-refractivity contribution is 6.50. The number of rotatable bonds is 1. The van der Waals surface area contributed by atoms with E-state index in [1.807, 2.05) is 0 Å². The Bertz CT molecular complexity index is 290. The quantitative estimate of drug-likeness (QED) is 0.601. The fraction of sp³-hybridized carbons (Fsp3) is 0.571. The van der Waals surface area contributed by atoms with Gasteiger partial charge in [-0.3, -0.25) is 4.79 Å². The average molecular weight is 223 g/mol. The third kappa shape index (κ3) is 2.97. The molecule has 0 unspecified atom stereocenters. The van der Waals surface area contributed by atoms with Crippen LogP contribution in [0.5, 0.6) is 0 Å². The van der Waals surface area contributed by atoms with E-state index in [0.29, 0.717) is 4.90 Å². The Balaban J connectivity index is 2.62. The summed E-state index contributed by atoms with van der Waals surface area (Å²) in [5, 5.41) is 17.4. The van der Waals surface area contributed by atoms with Gasteiger partial charge in [0, 0.05) is 13.1 Å². The number of halogens is 3. The number of carbonyl (C=O) groups is 1. The van der Waals surface area contributed by atoms with Crippen LogP contribution in [0.3, 0.4) is 0 Å². The molecule has 0 saturated carbocycles. The second-order valence-electron chi connectivity index (χ2n) is 3.15. The molecular formula is C7H9BF3NO3. The minimum Gasteiger partial charge on any atom is -0.423 e. The Kier molecular flexibility index (Phi) is 3.40. The van der Waals surface area contributed by atoms with Crippen molar-refractivity contribution < 1.29 is 28.0 Å². The zero-order chi connectivity index (χ0) is 11.6. The van der Waals surface area contributed by atoms with Crippen molar-refractivity contribution in [2.75, 3.05) is 13.1 Å². The van der Waals surface area contributed by atoms with Gasteiger partial charge >= 0.3 is 19.2 Å². The zero-order valence-corrected chi connectivity index (χ0v) is 7.66. The van der Waals surface area contributed by atoms with Gasteiger partial charge in [-0.05, 0) is 11.9 Å². The normalized spacial score (nSPS) is 17.4. The molecule has 1 amide bonds. The van der Waals surface area contributed by atoms with Crippen LogP contribution in [0.2, 0.25) is 0 Å². The molecule has 0 aromatic heterocycles. The topological polar surface area (TPSA) is 60.8 Å². The first-order chi connectivity index (χ1) is 6.82. The fourth-order valence-corrected chi connectivity index (χ4v) is 1.28. The van der Waals surface area contributed by atoms with Gasteiger partial charge in [-0.15, -0.1) is 0 Å². The third-order valence-electron chi connectivity index (χ3n) is 2.11. The van der Waals surface area contributed by atoms with E-state index in [1.165, 1.54) is 6.08 Å². The Morgan fingerprint density at radius 1 is 1.47 bits per heavy atom. The summed E-state index contributed by atoms with van der Waals surface area (Å²) in [5.74, 6) is -1.90. The number of nitrogens with zero attached hydrogens (tertiary/aromatic N) is 1. The van der Waals surface area contributed by atoms with Gasteiger partial charge in [0.15, 0.2) is 0 Å². The molecule has 0 bridgehead atoms. The van der Waals surface area contributed by atoms with E-state index in [0.717, 1.165) is 0 Å². The second-order valence-corrected chi connectivity index (χ2v) is 3.15. The van der Waals surface area contributed by atoms with Gasteiger partial charge in [-0.2, -0.15) is 13.2 Å². The van der Waals surface area contributed by atoms with E-state index in [9.17, 15) is 18.0 Å². The van der Waals surface area contributed by atoms with Crippen molar-refractivity contribution in [3.05, 3.63) is 11.5 Å².